The molecule has 0 bridgehead atoms. The molecule has 0 amide bonds. The zero-order valence-electron chi connectivity index (χ0n) is 10.9. The quantitative estimate of drug-likeness (QED) is 0.523. The molecule has 108 valence electrons. The number of hydrogen-bond donors (Lipinski definition) is 1. The van der Waals surface area contributed by atoms with Crippen molar-refractivity contribution in [1.29, 1.82) is 0 Å². The Morgan fingerprint density at radius 1 is 1.38 bits per heavy atom. The fourth-order valence-corrected chi connectivity index (χ4v) is 1.88. The highest BCUT2D eigenvalue weighted by Gasteiger charge is 2.18. The molecule has 2 aromatic rings. The van der Waals surface area contributed by atoms with Crippen LogP contribution in [0.4, 0.5) is 5.69 Å². The summed E-state index contributed by atoms with van der Waals surface area (Å²) < 4.78 is 5.43. The number of nitrogens with zero attached hydrogens (tertiary/aromatic N) is 1. The summed E-state index contributed by atoms with van der Waals surface area (Å²) in [6, 6.07) is 7.32. The molecule has 0 aliphatic heterocycles. The molecule has 1 aromatic heterocycles. The number of carboxylic acid groups (broad SMARTS) is 1. The molecule has 0 saturated carbocycles. The van der Waals surface area contributed by atoms with Crippen LogP contribution >= 0.6 is 11.6 Å². The number of nitro benzene ring substituents is 1. The molecule has 21 heavy (non-hydrogen) atoms. The van der Waals surface area contributed by atoms with Gasteiger partial charge in [0.05, 0.1) is 10.5 Å². The number of carbonyl (C=O) groups is 1. The van der Waals surface area contributed by atoms with Gasteiger partial charge in [-0.3, -0.25) is 10.1 Å². The summed E-state index contributed by atoms with van der Waals surface area (Å²) in [5, 5.41) is 20.1. The Morgan fingerprint density at radius 2 is 2.10 bits per heavy atom. The van der Waals surface area contributed by atoms with E-state index in [1.165, 1.54) is 37.3 Å². The van der Waals surface area contributed by atoms with Crippen molar-refractivity contribution in [3.8, 4) is 11.3 Å². The molecule has 0 radical (unpaired) electrons. The second kappa shape index (κ2) is 5.80. The van der Waals surface area contributed by atoms with Crippen molar-refractivity contribution in [2.45, 2.75) is 6.92 Å². The summed E-state index contributed by atoms with van der Waals surface area (Å²) in [4.78, 5) is 21.2. The first-order valence-electron chi connectivity index (χ1n) is 5.84. The molecule has 0 aliphatic carbocycles. The average Bonchev–Trinajstić information content (AvgIpc) is 2.86. The summed E-state index contributed by atoms with van der Waals surface area (Å²) in [5.41, 5.74) is 0.195. The summed E-state index contributed by atoms with van der Waals surface area (Å²) in [5.74, 6) is -0.498. The first-order chi connectivity index (χ1) is 9.88. The van der Waals surface area contributed by atoms with Crippen LogP contribution in [0, 0.1) is 10.1 Å². The second-order valence-electron chi connectivity index (χ2n) is 4.25. The lowest BCUT2D eigenvalue weighted by Crippen LogP contribution is -1.94. The number of halogens is 1. The predicted molar refractivity (Wildman–Crippen MR) is 77.1 cm³/mol. The van der Waals surface area contributed by atoms with Crippen LogP contribution in [0.5, 0.6) is 0 Å². The molecule has 2 rings (SSSR count). The Balaban J connectivity index is 2.45. The topological polar surface area (TPSA) is 93.6 Å². The maximum atomic E-state index is 11.0. The van der Waals surface area contributed by atoms with E-state index in [4.69, 9.17) is 21.1 Å². The molecule has 0 aliphatic rings. The maximum absolute atomic E-state index is 11.0. The van der Waals surface area contributed by atoms with Crippen molar-refractivity contribution in [1.82, 2.24) is 0 Å². The van der Waals surface area contributed by atoms with Gasteiger partial charge in [-0.1, -0.05) is 11.6 Å². The van der Waals surface area contributed by atoms with Crippen LogP contribution in [0.2, 0.25) is 5.02 Å². The van der Waals surface area contributed by atoms with E-state index in [0.717, 1.165) is 0 Å². The molecule has 0 saturated heterocycles. The zero-order valence-corrected chi connectivity index (χ0v) is 11.6. The fraction of sp³-hybridized carbons (Fsp3) is 0.0714. The number of aliphatic carboxylic acids is 1. The largest absolute Gasteiger partial charge is 0.478 e. The van der Waals surface area contributed by atoms with Crippen LogP contribution in [0.15, 0.2) is 40.3 Å². The van der Waals surface area contributed by atoms with Gasteiger partial charge in [0, 0.05) is 16.7 Å². The molecule has 6 nitrogen and oxygen atoms in total. The van der Waals surface area contributed by atoms with E-state index in [1.807, 2.05) is 0 Å². The van der Waals surface area contributed by atoms with Gasteiger partial charge in [-0.2, -0.15) is 0 Å². The van der Waals surface area contributed by atoms with E-state index in [2.05, 4.69) is 0 Å². The molecule has 1 N–H and O–H groups in total. The summed E-state index contributed by atoms with van der Waals surface area (Å²) >= 11 is 5.75. The Morgan fingerprint density at radius 3 is 2.71 bits per heavy atom. The number of rotatable bonds is 4. The minimum atomic E-state index is -1.06. The minimum Gasteiger partial charge on any atom is -0.478 e. The Bertz CT molecular complexity index is 748. The van der Waals surface area contributed by atoms with Gasteiger partial charge in [0.15, 0.2) is 0 Å². The van der Waals surface area contributed by atoms with Crippen LogP contribution < -0.4 is 0 Å². The van der Waals surface area contributed by atoms with Gasteiger partial charge in [0.25, 0.3) is 5.69 Å². The lowest BCUT2D eigenvalue weighted by Gasteiger charge is -2.00. The molecular formula is C14H10ClNO5. The first-order valence-corrected chi connectivity index (χ1v) is 6.22. The highest BCUT2D eigenvalue weighted by atomic mass is 35.5. The van der Waals surface area contributed by atoms with Crippen LogP contribution in [0.3, 0.4) is 0 Å². The van der Waals surface area contributed by atoms with E-state index < -0.39 is 10.9 Å². The molecule has 1 heterocycles. The third kappa shape index (κ3) is 3.29. The smallest absolute Gasteiger partial charge is 0.331 e. The fourth-order valence-electron chi connectivity index (χ4n) is 1.71. The third-order valence-corrected chi connectivity index (χ3v) is 2.98. The predicted octanol–water partition coefficient (Wildman–Crippen LogP) is 4.00. The number of carboxylic acids is 1. The van der Waals surface area contributed by atoms with Crippen LogP contribution in [0.1, 0.15) is 12.7 Å². The summed E-state index contributed by atoms with van der Waals surface area (Å²) in [6.45, 7) is 1.43. The molecule has 7 heteroatoms. The van der Waals surface area contributed by atoms with Gasteiger partial charge >= 0.3 is 5.97 Å². The zero-order chi connectivity index (χ0) is 15.6. The Hall–Kier alpha value is -2.60. The van der Waals surface area contributed by atoms with Gasteiger partial charge < -0.3 is 9.52 Å². The Kier molecular flexibility index (Phi) is 4.09. The molecule has 1 aromatic carbocycles. The van der Waals surface area contributed by atoms with Crippen molar-refractivity contribution in [2.24, 2.45) is 0 Å². The SMILES string of the molecule is C/C(=C\c1ccc(-c2ccc(Cl)cc2[N+](=O)[O-])o1)C(=O)O. The van der Waals surface area contributed by atoms with E-state index >= 15 is 0 Å². The van der Waals surface area contributed by atoms with E-state index in [-0.39, 0.29) is 27.6 Å². The van der Waals surface area contributed by atoms with Crippen LogP contribution in [0.25, 0.3) is 17.4 Å². The molecular weight excluding hydrogens is 298 g/mol. The lowest BCUT2D eigenvalue weighted by molar-refractivity contribution is -0.384. The summed E-state index contributed by atoms with van der Waals surface area (Å²) in [7, 11) is 0. The van der Waals surface area contributed by atoms with Gasteiger partial charge in [0.2, 0.25) is 0 Å². The Labute approximate surface area is 124 Å². The second-order valence-corrected chi connectivity index (χ2v) is 4.69. The normalized spacial score (nSPS) is 11.4. The monoisotopic (exact) mass is 307 g/mol. The van der Waals surface area contributed by atoms with Gasteiger partial charge in [-0.05, 0) is 37.3 Å². The number of furan rings is 1. The third-order valence-electron chi connectivity index (χ3n) is 2.74. The van der Waals surface area contributed by atoms with Gasteiger partial charge in [-0.15, -0.1) is 0 Å². The molecule has 0 fully saturated rings. The van der Waals surface area contributed by atoms with Crippen molar-refractivity contribution >= 4 is 29.3 Å². The minimum absolute atomic E-state index is 0.0986. The molecule has 0 atom stereocenters. The average molecular weight is 308 g/mol. The van der Waals surface area contributed by atoms with E-state index in [1.54, 1.807) is 6.07 Å². The first kappa shape index (κ1) is 14.8. The van der Waals surface area contributed by atoms with Crippen molar-refractivity contribution < 1.29 is 19.2 Å². The van der Waals surface area contributed by atoms with Crippen molar-refractivity contribution in [2.75, 3.05) is 0 Å². The highest BCUT2D eigenvalue weighted by Crippen LogP contribution is 2.33. The van der Waals surface area contributed by atoms with Crippen LogP contribution in [-0.2, 0) is 4.79 Å². The van der Waals surface area contributed by atoms with Gasteiger partial charge in [0.1, 0.15) is 11.5 Å². The van der Waals surface area contributed by atoms with E-state index in [9.17, 15) is 14.9 Å². The highest BCUT2D eigenvalue weighted by molar-refractivity contribution is 6.30. The van der Waals surface area contributed by atoms with E-state index in [0.29, 0.717) is 5.76 Å². The standard InChI is InChI=1S/C14H10ClNO5/c1-8(14(17)18)6-10-3-5-13(21-10)11-4-2-9(15)7-12(11)16(19)20/h2-7H,1H3,(H,17,18)/b8-6+. The van der Waals surface area contributed by atoms with Gasteiger partial charge in [-0.25, -0.2) is 4.79 Å². The number of benzene rings is 1. The molecule has 0 spiro atoms. The molecule has 0 unspecified atom stereocenters. The number of hydrogen-bond acceptors (Lipinski definition) is 4. The van der Waals surface area contributed by atoms with Crippen molar-refractivity contribution in [3.63, 3.8) is 0 Å². The van der Waals surface area contributed by atoms with Crippen molar-refractivity contribution in [3.05, 3.63) is 56.8 Å². The van der Waals surface area contributed by atoms with Crippen LogP contribution in [-0.4, -0.2) is 16.0 Å². The lowest BCUT2D eigenvalue weighted by atomic mass is 10.1. The summed E-state index contributed by atoms with van der Waals surface area (Å²) in [6.07, 6.45) is 1.34. The number of nitro groups is 1. The maximum Gasteiger partial charge on any atom is 0.331 e.